The summed E-state index contributed by atoms with van der Waals surface area (Å²) in [6.07, 6.45) is -4.51. The molecule has 0 atom stereocenters. The van der Waals surface area contributed by atoms with Crippen LogP contribution < -0.4 is 10.5 Å². The van der Waals surface area contributed by atoms with Crippen molar-refractivity contribution in [3.63, 3.8) is 0 Å². The first-order valence-corrected chi connectivity index (χ1v) is 6.22. The van der Waals surface area contributed by atoms with Crippen molar-refractivity contribution < 1.29 is 22.3 Å². The van der Waals surface area contributed by atoms with E-state index in [-0.39, 0.29) is 28.6 Å². The topological polar surface area (TPSA) is 35.2 Å². The lowest BCUT2D eigenvalue weighted by Gasteiger charge is -2.14. The third kappa shape index (κ3) is 3.46. The Hall–Kier alpha value is -1.79. The molecule has 0 fully saturated rings. The Morgan fingerprint density at radius 3 is 2.48 bits per heavy atom. The SMILES string of the molecule is NCc1cc(Oc2cccc(Cl)c2F)ccc1C(F)(F)F. The van der Waals surface area contributed by atoms with E-state index in [4.69, 9.17) is 22.1 Å². The van der Waals surface area contributed by atoms with Crippen molar-refractivity contribution in [1.82, 2.24) is 0 Å². The Morgan fingerprint density at radius 1 is 1.14 bits per heavy atom. The van der Waals surface area contributed by atoms with Crippen molar-refractivity contribution >= 4 is 11.6 Å². The molecule has 0 unspecified atom stereocenters. The van der Waals surface area contributed by atoms with Crippen LogP contribution in [0.15, 0.2) is 36.4 Å². The molecule has 0 bridgehead atoms. The average molecular weight is 320 g/mol. The Morgan fingerprint density at radius 2 is 1.86 bits per heavy atom. The zero-order valence-electron chi connectivity index (χ0n) is 10.5. The number of ether oxygens (including phenoxy) is 1. The molecule has 0 radical (unpaired) electrons. The summed E-state index contributed by atoms with van der Waals surface area (Å²) in [6, 6.07) is 7.20. The second-order valence-corrected chi connectivity index (χ2v) is 4.58. The second-order valence-electron chi connectivity index (χ2n) is 4.17. The van der Waals surface area contributed by atoms with Crippen LogP contribution >= 0.6 is 11.6 Å². The highest BCUT2D eigenvalue weighted by molar-refractivity contribution is 6.30. The van der Waals surface area contributed by atoms with Crippen molar-refractivity contribution in [2.45, 2.75) is 12.7 Å². The smallest absolute Gasteiger partial charge is 0.416 e. The third-order valence-corrected chi connectivity index (χ3v) is 3.04. The fraction of sp³-hybridized carbons (Fsp3) is 0.143. The molecule has 0 aliphatic heterocycles. The van der Waals surface area contributed by atoms with Crippen LogP contribution in [0, 0.1) is 5.82 Å². The van der Waals surface area contributed by atoms with Gasteiger partial charge in [-0.15, -0.1) is 0 Å². The number of alkyl halides is 3. The molecule has 2 N–H and O–H groups in total. The normalized spacial score (nSPS) is 11.5. The number of hydrogen-bond acceptors (Lipinski definition) is 2. The summed E-state index contributed by atoms with van der Waals surface area (Å²) in [4.78, 5) is 0. The summed E-state index contributed by atoms with van der Waals surface area (Å²) < 4.78 is 57.1. The van der Waals surface area contributed by atoms with Crippen molar-refractivity contribution in [2.75, 3.05) is 0 Å². The molecular weight excluding hydrogens is 310 g/mol. The largest absolute Gasteiger partial charge is 0.454 e. The van der Waals surface area contributed by atoms with Gasteiger partial charge in [0.05, 0.1) is 10.6 Å². The van der Waals surface area contributed by atoms with E-state index >= 15 is 0 Å². The zero-order valence-corrected chi connectivity index (χ0v) is 11.3. The van der Waals surface area contributed by atoms with Crippen LogP contribution in [0.1, 0.15) is 11.1 Å². The third-order valence-electron chi connectivity index (χ3n) is 2.75. The first-order chi connectivity index (χ1) is 9.82. The molecule has 2 aromatic carbocycles. The molecule has 0 aliphatic rings. The lowest BCUT2D eigenvalue weighted by molar-refractivity contribution is -0.138. The highest BCUT2D eigenvalue weighted by atomic mass is 35.5. The monoisotopic (exact) mass is 319 g/mol. The quantitative estimate of drug-likeness (QED) is 0.829. The Kier molecular flexibility index (Phi) is 4.39. The molecule has 0 saturated heterocycles. The van der Waals surface area contributed by atoms with Gasteiger partial charge in [0.1, 0.15) is 5.75 Å². The van der Waals surface area contributed by atoms with E-state index in [9.17, 15) is 17.6 Å². The van der Waals surface area contributed by atoms with Crippen LogP contribution in [-0.2, 0) is 12.7 Å². The lowest BCUT2D eigenvalue weighted by Crippen LogP contribution is -2.11. The van der Waals surface area contributed by atoms with E-state index in [1.54, 1.807) is 0 Å². The summed E-state index contributed by atoms with van der Waals surface area (Å²) >= 11 is 5.60. The van der Waals surface area contributed by atoms with Gasteiger partial charge in [0.25, 0.3) is 0 Å². The van der Waals surface area contributed by atoms with Crippen LogP contribution in [0.5, 0.6) is 11.5 Å². The lowest BCUT2D eigenvalue weighted by atomic mass is 10.1. The van der Waals surface area contributed by atoms with Crippen molar-refractivity contribution in [3.05, 3.63) is 58.4 Å². The number of nitrogens with two attached hydrogens (primary N) is 1. The Bertz CT molecular complexity index is 658. The fourth-order valence-electron chi connectivity index (χ4n) is 1.77. The minimum absolute atomic E-state index is 0.0459. The van der Waals surface area contributed by atoms with Gasteiger partial charge >= 0.3 is 6.18 Å². The number of rotatable bonds is 3. The predicted molar refractivity (Wildman–Crippen MR) is 70.8 cm³/mol. The first kappa shape index (κ1) is 15.6. The first-order valence-electron chi connectivity index (χ1n) is 5.85. The van der Waals surface area contributed by atoms with Gasteiger partial charge in [-0.1, -0.05) is 17.7 Å². The zero-order chi connectivity index (χ0) is 15.6. The Labute approximate surface area is 123 Å². The standard InChI is InChI=1S/C14H10ClF4NO/c15-11-2-1-3-12(13(11)16)21-9-4-5-10(14(17,18)19)8(6-9)7-20/h1-6H,7,20H2. The van der Waals surface area contributed by atoms with Gasteiger partial charge < -0.3 is 10.5 Å². The highest BCUT2D eigenvalue weighted by Crippen LogP contribution is 2.35. The van der Waals surface area contributed by atoms with Crippen LogP contribution in [0.25, 0.3) is 0 Å². The molecule has 7 heteroatoms. The summed E-state index contributed by atoms with van der Waals surface area (Å²) in [5.74, 6) is -0.914. The highest BCUT2D eigenvalue weighted by Gasteiger charge is 2.33. The minimum atomic E-state index is -4.51. The molecule has 0 spiro atoms. The fourth-order valence-corrected chi connectivity index (χ4v) is 1.93. The second kappa shape index (κ2) is 5.91. The molecule has 0 amide bonds. The number of halogens is 5. The number of hydrogen-bond donors (Lipinski definition) is 1. The van der Waals surface area contributed by atoms with Gasteiger partial charge in [-0.25, -0.2) is 4.39 Å². The van der Waals surface area contributed by atoms with E-state index in [1.807, 2.05) is 0 Å². The van der Waals surface area contributed by atoms with Gasteiger partial charge in [-0.3, -0.25) is 0 Å². The maximum atomic E-state index is 13.7. The molecule has 0 aliphatic carbocycles. The van der Waals surface area contributed by atoms with Crippen LogP contribution in [-0.4, -0.2) is 0 Å². The molecule has 2 nitrogen and oxygen atoms in total. The molecule has 21 heavy (non-hydrogen) atoms. The van der Waals surface area contributed by atoms with E-state index in [0.717, 1.165) is 18.2 Å². The maximum Gasteiger partial charge on any atom is 0.416 e. The molecular formula is C14H10ClF4NO. The van der Waals surface area contributed by atoms with E-state index in [1.165, 1.54) is 18.2 Å². The molecule has 0 heterocycles. The summed E-state index contributed by atoms with van der Waals surface area (Å²) in [7, 11) is 0. The molecule has 2 aromatic rings. The molecule has 0 aromatic heterocycles. The maximum absolute atomic E-state index is 13.7. The van der Waals surface area contributed by atoms with E-state index < -0.39 is 17.6 Å². The molecule has 112 valence electrons. The minimum Gasteiger partial charge on any atom is -0.454 e. The molecule has 2 rings (SSSR count). The van der Waals surface area contributed by atoms with Gasteiger partial charge in [0, 0.05) is 6.54 Å². The van der Waals surface area contributed by atoms with Crippen LogP contribution in [0.2, 0.25) is 5.02 Å². The summed E-state index contributed by atoms with van der Waals surface area (Å²) in [5.41, 5.74) is 4.33. The summed E-state index contributed by atoms with van der Waals surface area (Å²) in [5, 5.41) is -0.140. The van der Waals surface area contributed by atoms with E-state index in [0.29, 0.717) is 0 Å². The average Bonchev–Trinajstić information content (AvgIpc) is 2.42. The van der Waals surface area contributed by atoms with E-state index in [2.05, 4.69) is 0 Å². The van der Waals surface area contributed by atoms with Gasteiger partial charge in [0.2, 0.25) is 0 Å². The van der Waals surface area contributed by atoms with Gasteiger partial charge in [0.15, 0.2) is 11.6 Å². The van der Waals surface area contributed by atoms with Crippen molar-refractivity contribution in [2.24, 2.45) is 5.73 Å². The van der Waals surface area contributed by atoms with Crippen LogP contribution in [0.4, 0.5) is 17.6 Å². The number of benzene rings is 2. The van der Waals surface area contributed by atoms with Gasteiger partial charge in [-0.05, 0) is 35.9 Å². The molecule has 0 saturated carbocycles. The van der Waals surface area contributed by atoms with Crippen LogP contribution in [0.3, 0.4) is 0 Å². The Balaban J connectivity index is 2.36. The predicted octanol–water partition coefficient (Wildman–Crippen LogP) is 4.75. The van der Waals surface area contributed by atoms with Gasteiger partial charge in [-0.2, -0.15) is 13.2 Å². The summed E-state index contributed by atoms with van der Waals surface area (Å²) in [6.45, 7) is -0.315. The van der Waals surface area contributed by atoms with Crippen molar-refractivity contribution in [1.29, 1.82) is 0 Å². The van der Waals surface area contributed by atoms with Crippen molar-refractivity contribution in [3.8, 4) is 11.5 Å².